The molecule has 1 unspecified atom stereocenters. The van der Waals surface area contributed by atoms with Crippen molar-refractivity contribution >= 4 is 40.0 Å². The molecule has 2 heterocycles. The molecule has 1 atom stereocenters. The number of hydrogen-bond acceptors (Lipinski definition) is 5. The number of rotatable bonds is 7. The summed E-state index contributed by atoms with van der Waals surface area (Å²) >= 11 is 0. The average Bonchev–Trinajstić information content (AvgIpc) is 2.99. The first-order valence-corrected chi connectivity index (χ1v) is 8.58. The average molecular weight is 366 g/mol. The number of primary amides is 2. The lowest BCUT2D eigenvalue weighted by Crippen LogP contribution is -2.35. The first kappa shape index (κ1) is 18.2. The van der Waals surface area contributed by atoms with Gasteiger partial charge in [-0.15, -0.1) is 0 Å². The molecular weight excluding hydrogens is 344 g/mol. The van der Waals surface area contributed by atoms with Crippen LogP contribution < -0.4 is 22.1 Å². The molecule has 3 rings (SSSR count). The minimum atomic E-state index is -0.598. The highest BCUT2D eigenvalue weighted by Crippen LogP contribution is 2.25. The number of carbonyl (C=O) groups excluding carboxylic acids is 2. The van der Waals surface area contributed by atoms with Crippen LogP contribution in [-0.2, 0) is 11.8 Å². The van der Waals surface area contributed by atoms with Gasteiger partial charge in [0.25, 0.3) is 5.91 Å². The molecule has 27 heavy (non-hydrogen) atoms. The Morgan fingerprint density at radius 3 is 2.63 bits per heavy atom. The molecule has 3 aromatic rings. The first-order valence-electron chi connectivity index (χ1n) is 8.58. The van der Waals surface area contributed by atoms with Gasteiger partial charge in [0.2, 0.25) is 5.91 Å². The van der Waals surface area contributed by atoms with Gasteiger partial charge < -0.3 is 26.7 Å². The van der Waals surface area contributed by atoms with Crippen LogP contribution in [0.15, 0.2) is 42.6 Å². The molecule has 2 amide bonds. The van der Waals surface area contributed by atoms with Gasteiger partial charge in [0.05, 0.1) is 5.56 Å². The van der Waals surface area contributed by atoms with Crippen molar-refractivity contribution in [1.82, 2.24) is 9.55 Å². The number of benzene rings is 1. The van der Waals surface area contributed by atoms with Crippen molar-refractivity contribution in [1.29, 1.82) is 0 Å². The third-order valence-electron chi connectivity index (χ3n) is 4.38. The van der Waals surface area contributed by atoms with Gasteiger partial charge in [-0.25, -0.2) is 4.98 Å². The maximum atomic E-state index is 11.8. The summed E-state index contributed by atoms with van der Waals surface area (Å²) in [5, 5.41) is 7.16. The Labute approximate surface area is 156 Å². The van der Waals surface area contributed by atoms with Crippen LogP contribution >= 0.6 is 0 Å². The second-order valence-electron chi connectivity index (χ2n) is 6.29. The van der Waals surface area contributed by atoms with E-state index >= 15 is 0 Å². The zero-order chi connectivity index (χ0) is 19.6. The highest BCUT2D eigenvalue weighted by molar-refractivity contribution is 5.99. The molecule has 8 heteroatoms. The van der Waals surface area contributed by atoms with E-state index in [4.69, 9.17) is 11.5 Å². The monoisotopic (exact) mass is 366 g/mol. The zero-order valence-electron chi connectivity index (χ0n) is 15.2. The number of fused-ring (bicyclic) bond motifs is 1. The molecule has 1 aromatic carbocycles. The van der Waals surface area contributed by atoms with Gasteiger partial charge in [-0.2, -0.15) is 0 Å². The summed E-state index contributed by atoms with van der Waals surface area (Å²) in [6.07, 6.45) is 2.49. The van der Waals surface area contributed by atoms with E-state index < -0.39 is 17.9 Å². The van der Waals surface area contributed by atoms with Crippen LogP contribution in [0.3, 0.4) is 0 Å². The summed E-state index contributed by atoms with van der Waals surface area (Å²) in [4.78, 5) is 27.6. The Bertz CT molecular complexity index is 1010. The fraction of sp³-hybridized carbons (Fsp3) is 0.211. The largest absolute Gasteiger partial charge is 0.368 e. The minimum absolute atomic E-state index is 0.251. The quantitative estimate of drug-likeness (QED) is 0.509. The Morgan fingerprint density at radius 2 is 1.96 bits per heavy atom. The van der Waals surface area contributed by atoms with Gasteiger partial charge in [0.1, 0.15) is 17.7 Å². The van der Waals surface area contributed by atoms with E-state index in [1.807, 2.05) is 49.0 Å². The fourth-order valence-corrected chi connectivity index (χ4v) is 2.88. The summed E-state index contributed by atoms with van der Waals surface area (Å²) in [6, 6.07) is 10.4. The van der Waals surface area contributed by atoms with Crippen LogP contribution in [0.25, 0.3) is 10.9 Å². The third kappa shape index (κ3) is 3.84. The minimum Gasteiger partial charge on any atom is -0.368 e. The highest BCUT2D eigenvalue weighted by atomic mass is 16.1. The number of carbonyl (C=O) groups is 2. The van der Waals surface area contributed by atoms with Crippen LogP contribution in [0, 0.1) is 0 Å². The molecule has 6 N–H and O–H groups in total. The van der Waals surface area contributed by atoms with E-state index in [9.17, 15) is 9.59 Å². The van der Waals surface area contributed by atoms with Crippen LogP contribution in [0.1, 0.15) is 23.7 Å². The lowest BCUT2D eigenvalue weighted by molar-refractivity contribution is -0.118. The number of nitrogens with zero attached hydrogens (tertiary/aromatic N) is 2. The molecule has 0 saturated heterocycles. The number of aryl methyl sites for hydroxylation is 1. The SMILES string of the molecule is CCC(Nc1ccc(C(N)=O)c(Nc2ccc3c(ccn3C)c2)n1)C(N)=O. The Kier molecular flexibility index (Phi) is 4.98. The second kappa shape index (κ2) is 7.36. The standard InChI is InChI=1S/C19H22N6O2/c1-3-14(18(21)27)23-16-7-5-13(17(20)26)19(24-16)22-12-4-6-15-11(10-12)8-9-25(15)2/h4-10,14H,3H2,1-2H3,(H2,20,26)(H2,21,27)(H2,22,23,24). The number of pyridine rings is 1. The summed E-state index contributed by atoms with van der Waals surface area (Å²) in [5.74, 6) is -0.336. The van der Waals surface area contributed by atoms with Gasteiger partial charge in [-0.3, -0.25) is 9.59 Å². The summed E-state index contributed by atoms with van der Waals surface area (Å²) in [5.41, 5.74) is 12.9. The van der Waals surface area contributed by atoms with Crippen LogP contribution in [0.2, 0.25) is 0 Å². The molecular formula is C19H22N6O2. The zero-order valence-corrected chi connectivity index (χ0v) is 15.2. The van der Waals surface area contributed by atoms with Crippen LogP contribution in [0.5, 0.6) is 0 Å². The molecule has 0 saturated carbocycles. The van der Waals surface area contributed by atoms with E-state index in [0.717, 1.165) is 16.6 Å². The van der Waals surface area contributed by atoms with Crippen LogP contribution in [0.4, 0.5) is 17.3 Å². The van der Waals surface area contributed by atoms with E-state index in [-0.39, 0.29) is 5.56 Å². The van der Waals surface area contributed by atoms with Crippen molar-refractivity contribution in [2.45, 2.75) is 19.4 Å². The number of aromatic nitrogens is 2. The van der Waals surface area contributed by atoms with E-state index in [1.165, 1.54) is 0 Å². The van der Waals surface area contributed by atoms with Crippen molar-refractivity contribution in [3.8, 4) is 0 Å². The topological polar surface area (TPSA) is 128 Å². The van der Waals surface area contributed by atoms with Crippen molar-refractivity contribution in [3.63, 3.8) is 0 Å². The van der Waals surface area contributed by atoms with Gasteiger partial charge in [0, 0.05) is 29.8 Å². The fourth-order valence-electron chi connectivity index (χ4n) is 2.88. The number of amides is 2. The maximum absolute atomic E-state index is 11.8. The third-order valence-corrected chi connectivity index (χ3v) is 4.38. The maximum Gasteiger partial charge on any atom is 0.252 e. The second-order valence-corrected chi connectivity index (χ2v) is 6.29. The van der Waals surface area contributed by atoms with Crippen molar-refractivity contribution in [2.75, 3.05) is 10.6 Å². The molecule has 0 fully saturated rings. The molecule has 0 radical (unpaired) electrons. The Balaban J connectivity index is 1.94. The van der Waals surface area contributed by atoms with E-state index in [0.29, 0.717) is 18.1 Å². The van der Waals surface area contributed by atoms with Gasteiger partial charge in [-0.1, -0.05) is 6.92 Å². The number of nitrogens with one attached hydrogen (secondary N) is 2. The molecule has 8 nitrogen and oxygen atoms in total. The summed E-state index contributed by atoms with van der Waals surface area (Å²) < 4.78 is 2.02. The van der Waals surface area contributed by atoms with E-state index in [2.05, 4.69) is 15.6 Å². The number of hydrogen-bond donors (Lipinski definition) is 4. The Hall–Kier alpha value is -3.55. The first-order chi connectivity index (χ1) is 12.9. The van der Waals surface area contributed by atoms with E-state index in [1.54, 1.807) is 12.1 Å². The Morgan fingerprint density at radius 1 is 1.19 bits per heavy atom. The molecule has 2 aromatic heterocycles. The predicted octanol–water partition coefficient (Wildman–Crippen LogP) is 2.09. The van der Waals surface area contributed by atoms with Gasteiger partial charge in [-0.05, 0) is 42.8 Å². The van der Waals surface area contributed by atoms with Crippen LogP contribution in [-0.4, -0.2) is 27.4 Å². The summed E-state index contributed by atoms with van der Waals surface area (Å²) in [7, 11) is 1.97. The molecule has 0 spiro atoms. The smallest absolute Gasteiger partial charge is 0.252 e. The summed E-state index contributed by atoms with van der Waals surface area (Å²) in [6.45, 7) is 1.84. The van der Waals surface area contributed by atoms with Crippen molar-refractivity contribution in [3.05, 3.63) is 48.2 Å². The molecule has 0 aliphatic rings. The van der Waals surface area contributed by atoms with Gasteiger partial charge in [0.15, 0.2) is 0 Å². The lowest BCUT2D eigenvalue weighted by atomic mass is 10.2. The normalized spacial score (nSPS) is 11.9. The molecule has 0 aliphatic carbocycles. The molecule has 0 aliphatic heterocycles. The number of anilines is 3. The molecule has 0 bridgehead atoms. The highest BCUT2D eigenvalue weighted by Gasteiger charge is 2.16. The molecule has 140 valence electrons. The van der Waals surface area contributed by atoms with Gasteiger partial charge >= 0.3 is 0 Å². The predicted molar refractivity (Wildman–Crippen MR) is 106 cm³/mol. The van der Waals surface area contributed by atoms with Crippen molar-refractivity contribution in [2.24, 2.45) is 18.5 Å². The lowest BCUT2D eigenvalue weighted by Gasteiger charge is -2.16. The van der Waals surface area contributed by atoms with Crippen molar-refractivity contribution < 1.29 is 9.59 Å². The number of nitrogens with two attached hydrogens (primary N) is 2.